The van der Waals surface area contributed by atoms with Gasteiger partial charge in [-0.05, 0) is 40.4 Å². The molecular weight excluding hydrogens is 282 g/mol. The molecule has 5 nitrogen and oxygen atoms in total. The van der Waals surface area contributed by atoms with Crippen LogP contribution in [0.2, 0.25) is 0 Å². The number of rotatable bonds is 2. The second-order valence-corrected chi connectivity index (χ2v) is 5.93. The van der Waals surface area contributed by atoms with Gasteiger partial charge in [0.25, 0.3) is 0 Å². The minimum absolute atomic E-state index is 0.00829. The van der Waals surface area contributed by atoms with E-state index in [4.69, 9.17) is 0 Å². The number of aromatic nitrogens is 4. The minimum Gasteiger partial charge on any atom is -0.322 e. The quantitative estimate of drug-likeness (QED) is 0.789. The normalized spacial score (nSPS) is 17.0. The van der Waals surface area contributed by atoms with Crippen LogP contribution in [-0.4, -0.2) is 20.2 Å². The third-order valence-electron chi connectivity index (χ3n) is 3.53. The second kappa shape index (κ2) is 4.82. The van der Waals surface area contributed by atoms with Crippen LogP contribution in [0.1, 0.15) is 22.0 Å². The third-order valence-corrected chi connectivity index (χ3v) is 4.44. The van der Waals surface area contributed by atoms with Crippen LogP contribution in [0, 0.1) is 6.92 Å². The maximum atomic E-state index is 4.10. The summed E-state index contributed by atoms with van der Waals surface area (Å²) in [5, 5.41) is 17.3. The molecule has 0 radical (unpaired) electrons. The van der Waals surface area contributed by atoms with Gasteiger partial charge >= 0.3 is 0 Å². The number of aryl methyl sites for hydroxylation is 1. The van der Waals surface area contributed by atoms with E-state index in [2.05, 4.69) is 69.6 Å². The molecule has 6 heteroatoms. The molecule has 1 N–H and O–H groups in total. The highest BCUT2D eigenvalue weighted by molar-refractivity contribution is 7.11. The van der Waals surface area contributed by atoms with Crippen LogP contribution in [0.25, 0.3) is 5.70 Å². The van der Waals surface area contributed by atoms with Crippen molar-refractivity contribution in [2.45, 2.75) is 13.0 Å². The fraction of sp³-hybridized carbons (Fsp3) is 0.133. The summed E-state index contributed by atoms with van der Waals surface area (Å²) in [5.74, 6) is 0.673. The Hall–Kier alpha value is -2.47. The molecule has 1 aliphatic rings. The van der Waals surface area contributed by atoms with Gasteiger partial charge in [-0.1, -0.05) is 41.0 Å². The average Bonchev–Trinajstić information content (AvgIpc) is 3.18. The number of fused-ring (bicyclic) bond motifs is 1. The molecule has 0 amide bonds. The lowest BCUT2D eigenvalue weighted by Gasteiger charge is -2.22. The van der Waals surface area contributed by atoms with Gasteiger partial charge in [-0.25, -0.2) is 0 Å². The highest BCUT2D eigenvalue weighted by Crippen LogP contribution is 2.32. The summed E-state index contributed by atoms with van der Waals surface area (Å²) in [5.41, 5.74) is 3.47. The number of allylic oxidation sites excluding steroid dienone is 1. The van der Waals surface area contributed by atoms with Crippen LogP contribution in [-0.2, 0) is 0 Å². The first-order chi connectivity index (χ1) is 10.3. The molecule has 3 heterocycles. The van der Waals surface area contributed by atoms with E-state index < -0.39 is 0 Å². The third kappa shape index (κ3) is 2.13. The zero-order chi connectivity index (χ0) is 14.2. The van der Waals surface area contributed by atoms with Gasteiger partial charge in [-0.3, -0.25) is 0 Å². The van der Waals surface area contributed by atoms with Crippen molar-refractivity contribution in [3.05, 3.63) is 63.9 Å². The molecule has 0 saturated heterocycles. The molecule has 21 heavy (non-hydrogen) atoms. The number of benzene rings is 1. The van der Waals surface area contributed by atoms with Gasteiger partial charge in [-0.15, -0.1) is 11.3 Å². The molecule has 0 saturated carbocycles. The Morgan fingerprint density at radius 2 is 2.05 bits per heavy atom. The topological polar surface area (TPSA) is 55.6 Å². The molecule has 104 valence electrons. The summed E-state index contributed by atoms with van der Waals surface area (Å²) in [4.78, 5) is 1.18. The van der Waals surface area contributed by atoms with Gasteiger partial charge in [0, 0.05) is 0 Å². The Bertz CT molecular complexity index is 786. The van der Waals surface area contributed by atoms with E-state index in [0.717, 1.165) is 5.70 Å². The van der Waals surface area contributed by atoms with E-state index in [0.29, 0.717) is 5.95 Å². The van der Waals surface area contributed by atoms with Crippen LogP contribution >= 0.6 is 11.3 Å². The van der Waals surface area contributed by atoms with Crippen LogP contribution in [0.5, 0.6) is 0 Å². The lowest BCUT2D eigenvalue weighted by molar-refractivity contribution is 0.586. The second-order valence-electron chi connectivity index (χ2n) is 4.99. The summed E-state index contributed by atoms with van der Waals surface area (Å²) >= 11 is 1.70. The molecule has 0 unspecified atom stereocenters. The van der Waals surface area contributed by atoms with Crippen molar-refractivity contribution in [1.82, 2.24) is 20.2 Å². The number of thiophene rings is 1. The fourth-order valence-electron chi connectivity index (χ4n) is 2.43. The summed E-state index contributed by atoms with van der Waals surface area (Å²) in [6.07, 6.45) is 2.17. The minimum atomic E-state index is 0.00829. The number of hydrogen-bond donors (Lipinski definition) is 1. The summed E-state index contributed by atoms with van der Waals surface area (Å²) in [6.45, 7) is 2.08. The van der Waals surface area contributed by atoms with Gasteiger partial charge in [0.05, 0.1) is 10.6 Å². The van der Waals surface area contributed by atoms with Crippen molar-refractivity contribution in [3.63, 3.8) is 0 Å². The summed E-state index contributed by atoms with van der Waals surface area (Å²) in [7, 11) is 0. The Morgan fingerprint density at radius 3 is 2.81 bits per heavy atom. The van der Waals surface area contributed by atoms with E-state index in [1.54, 1.807) is 11.3 Å². The zero-order valence-corrected chi connectivity index (χ0v) is 12.2. The highest BCUT2D eigenvalue weighted by atomic mass is 32.1. The summed E-state index contributed by atoms with van der Waals surface area (Å²) in [6, 6.07) is 12.6. The molecule has 0 spiro atoms. The van der Waals surface area contributed by atoms with E-state index in [1.807, 2.05) is 10.7 Å². The van der Waals surface area contributed by atoms with Crippen molar-refractivity contribution >= 4 is 23.0 Å². The number of nitrogens with one attached hydrogen (secondary N) is 1. The van der Waals surface area contributed by atoms with Crippen LogP contribution in [0.15, 0.2) is 47.9 Å². The molecule has 0 bridgehead atoms. The predicted molar refractivity (Wildman–Crippen MR) is 83.1 cm³/mol. The number of hydrogen-bond acceptors (Lipinski definition) is 5. The van der Waals surface area contributed by atoms with Crippen molar-refractivity contribution in [3.8, 4) is 0 Å². The molecule has 1 aromatic carbocycles. The van der Waals surface area contributed by atoms with Crippen LogP contribution < -0.4 is 5.32 Å². The van der Waals surface area contributed by atoms with E-state index in [-0.39, 0.29) is 6.04 Å². The monoisotopic (exact) mass is 295 g/mol. The highest BCUT2D eigenvalue weighted by Gasteiger charge is 2.24. The molecule has 2 aromatic heterocycles. The largest absolute Gasteiger partial charge is 0.322 e. The van der Waals surface area contributed by atoms with Crippen molar-refractivity contribution < 1.29 is 0 Å². The Balaban J connectivity index is 1.82. The van der Waals surface area contributed by atoms with Crippen molar-refractivity contribution in [1.29, 1.82) is 0 Å². The van der Waals surface area contributed by atoms with Crippen molar-refractivity contribution in [2.75, 3.05) is 5.32 Å². The number of anilines is 1. The maximum Gasteiger partial charge on any atom is 0.248 e. The molecule has 0 fully saturated rings. The Morgan fingerprint density at radius 1 is 1.19 bits per heavy atom. The van der Waals surface area contributed by atoms with E-state index in [1.165, 1.54) is 16.0 Å². The first-order valence-electron chi connectivity index (χ1n) is 6.68. The van der Waals surface area contributed by atoms with E-state index >= 15 is 0 Å². The van der Waals surface area contributed by atoms with Crippen molar-refractivity contribution in [2.24, 2.45) is 0 Å². The van der Waals surface area contributed by atoms with Gasteiger partial charge in [0.2, 0.25) is 5.95 Å². The van der Waals surface area contributed by atoms with Gasteiger partial charge in [-0.2, -0.15) is 4.68 Å². The SMILES string of the molecule is Cc1ccc([C@@H]2C=C(c3cccs3)Nc3nnnn32)cc1. The average molecular weight is 295 g/mol. The smallest absolute Gasteiger partial charge is 0.248 e. The molecule has 3 aromatic rings. The molecular formula is C15H13N5S. The first-order valence-corrected chi connectivity index (χ1v) is 7.56. The number of nitrogens with zero attached hydrogens (tertiary/aromatic N) is 4. The standard InChI is InChI=1S/C15H13N5S/c1-10-4-6-11(7-5-10)13-9-12(14-3-2-8-21-14)16-15-17-18-19-20(13)15/h2-9,13H,1H3,(H,16,17,19)/t13-/m0/s1. The first kappa shape index (κ1) is 12.3. The Kier molecular flexibility index (Phi) is 2.82. The summed E-state index contributed by atoms with van der Waals surface area (Å²) < 4.78 is 1.81. The molecule has 1 atom stereocenters. The molecule has 4 rings (SSSR count). The predicted octanol–water partition coefficient (Wildman–Crippen LogP) is 3.10. The van der Waals surface area contributed by atoms with Gasteiger partial charge in [0.15, 0.2) is 0 Å². The zero-order valence-electron chi connectivity index (χ0n) is 11.4. The molecule has 0 aliphatic carbocycles. The molecule has 1 aliphatic heterocycles. The van der Waals surface area contributed by atoms with Crippen LogP contribution in [0.3, 0.4) is 0 Å². The number of tetrazole rings is 1. The van der Waals surface area contributed by atoms with Crippen LogP contribution in [0.4, 0.5) is 5.95 Å². The lowest BCUT2D eigenvalue weighted by atomic mass is 10.0. The fourth-order valence-corrected chi connectivity index (χ4v) is 3.14. The lowest BCUT2D eigenvalue weighted by Crippen LogP contribution is -2.19. The van der Waals surface area contributed by atoms with Gasteiger partial charge < -0.3 is 5.32 Å². The Labute approximate surface area is 125 Å². The van der Waals surface area contributed by atoms with Gasteiger partial charge in [0.1, 0.15) is 6.04 Å². The maximum absolute atomic E-state index is 4.10. The van der Waals surface area contributed by atoms with E-state index in [9.17, 15) is 0 Å².